The summed E-state index contributed by atoms with van der Waals surface area (Å²) in [6.07, 6.45) is 3.68. The van der Waals surface area contributed by atoms with Gasteiger partial charge in [0.15, 0.2) is 0 Å². The molecule has 3 aromatic carbocycles. The molecule has 3 nitrogen and oxygen atoms in total. The molecule has 40 heavy (non-hydrogen) atoms. The van der Waals surface area contributed by atoms with Crippen molar-refractivity contribution in [3.05, 3.63) is 121 Å². The molecule has 205 valence electrons. The number of benzene rings is 3. The Bertz CT molecular complexity index is 1670. The van der Waals surface area contributed by atoms with Crippen molar-refractivity contribution in [2.45, 2.75) is 52.4 Å². The Morgan fingerprint density at radius 2 is 1.30 bits per heavy atom. The summed E-state index contributed by atoms with van der Waals surface area (Å²) in [6, 6.07) is 35.0. The van der Waals surface area contributed by atoms with E-state index >= 15 is 0 Å². The maximum absolute atomic E-state index is 5.97. The molecule has 0 unspecified atom stereocenters. The van der Waals surface area contributed by atoms with Crippen LogP contribution in [0.3, 0.4) is 0 Å². The molecule has 0 saturated carbocycles. The van der Waals surface area contributed by atoms with Crippen LogP contribution in [0.25, 0.3) is 44.5 Å². The van der Waals surface area contributed by atoms with E-state index in [2.05, 4.69) is 94.0 Å². The van der Waals surface area contributed by atoms with E-state index in [1.54, 1.807) is 6.20 Å². The van der Waals surface area contributed by atoms with E-state index in [0.717, 1.165) is 44.5 Å². The molecule has 0 saturated heterocycles. The largest absolute Gasteiger partial charge is 0.501 e. The SMILES string of the molecule is CC(C)(C)c1cc[c-]c(-c2cc(C(C)(C)C)ccn2)c1.[Ir].[c-]1ccc2c(oc3ccccc32)c1-c1ccccn1. The summed E-state index contributed by atoms with van der Waals surface area (Å²) in [5, 5.41) is 2.23. The van der Waals surface area contributed by atoms with Gasteiger partial charge in [-0.05, 0) is 46.0 Å². The Kier molecular flexibility index (Phi) is 8.73. The third kappa shape index (κ3) is 6.41. The minimum Gasteiger partial charge on any atom is -0.501 e. The van der Waals surface area contributed by atoms with Gasteiger partial charge in [-0.15, -0.1) is 53.6 Å². The van der Waals surface area contributed by atoms with Gasteiger partial charge in [0.25, 0.3) is 0 Å². The van der Waals surface area contributed by atoms with E-state index in [1.165, 1.54) is 11.1 Å². The third-order valence-corrected chi connectivity index (χ3v) is 6.83. The predicted octanol–water partition coefficient (Wildman–Crippen LogP) is 9.59. The number of hydrogen-bond donors (Lipinski definition) is 0. The topological polar surface area (TPSA) is 38.9 Å². The van der Waals surface area contributed by atoms with Crippen LogP contribution in [0.2, 0.25) is 0 Å². The van der Waals surface area contributed by atoms with Crippen LogP contribution in [-0.2, 0) is 30.9 Å². The summed E-state index contributed by atoms with van der Waals surface area (Å²) in [5.74, 6) is 0. The fourth-order valence-corrected chi connectivity index (χ4v) is 4.52. The molecule has 0 spiro atoms. The van der Waals surface area contributed by atoms with Gasteiger partial charge < -0.3 is 14.4 Å². The number of furan rings is 1. The van der Waals surface area contributed by atoms with Gasteiger partial charge >= 0.3 is 0 Å². The van der Waals surface area contributed by atoms with E-state index in [4.69, 9.17) is 4.42 Å². The van der Waals surface area contributed by atoms with E-state index in [1.807, 2.05) is 60.8 Å². The van der Waals surface area contributed by atoms with E-state index in [-0.39, 0.29) is 30.9 Å². The number of fused-ring (bicyclic) bond motifs is 3. The maximum Gasteiger partial charge on any atom is 0.120 e. The quantitative estimate of drug-likeness (QED) is 0.169. The van der Waals surface area contributed by atoms with Crippen LogP contribution in [0.15, 0.2) is 102 Å². The first-order chi connectivity index (χ1) is 18.6. The molecule has 0 fully saturated rings. The molecule has 6 aromatic rings. The fourth-order valence-electron chi connectivity index (χ4n) is 4.52. The molecule has 4 heteroatoms. The summed E-state index contributed by atoms with van der Waals surface area (Å²) in [6.45, 7) is 13.4. The Morgan fingerprint density at radius 3 is 2.02 bits per heavy atom. The van der Waals surface area contributed by atoms with Crippen LogP contribution in [0.5, 0.6) is 0 Å². The number of aromatic nitrogens is 2. The Hall–Kier alpha value is -3.59. The van der Waals surface area contributed by atoms with Crippen molar-refractivity contribution >= 4 is 21.9 Å². The van der Waals surface area contributed by atoms with Crippen molar-refractivity contribution in [1.29, 1.82) is 0 Å². The summed E-state index contributed by atoms with van der Waals surface area (Å²) in [5.41, 5.74) is 8.52. The molecular formula is C36H34IrN2O-2. The second-order valence-corrected chi connectivity index (χ2v) is 11.8. The molecular weight excluding hydrogens is 669 g/mol. The van der Waals surface area contributed by atoms with Gasteiger partial charge in [0.05, 0.1) is 5.58 Å². The average molecular weight is 703 g/mol. The van der Waals surface area contributed by atoms with E-state index in [9.17, 15) is 0 Å². The normalized spacial score (nSPS) is 11.6. The fraction of sp³-hybridized carbons (Fsp3) is 0.222. The number of hydrogen-bond acceptors (Lipinski definition) is 3. The van der Waals surface area contributed by atoms with Crippen molar-refractivity contribution in [2.75, 3.05) is 0 Å². The van der Waals surface area contributed by atoms with Gasteiger partial charge in [0, 0.05) is 37.9 Å². The van der Waals surface area contributed by atoms with Crippen LogP contribution < -0.4 is 0 Å². The molecule has 0 N–H and O–H groups in total. The second kappa shape index (κ2) is 11.9. The number of para-hydroxylation sites is 1. The van der Waals surface area contributed by atoms with Crippen LogP contribution >= 0.6 is 0 Å². The standard InChI is InChI=1S/C19H24N.C17H10NO.Ir/c1-18(2,3)15-9-7-8-14(12-15)17-13-16(10-11-20-17)19(4,5)6;1-2-10-16-12(6-1)13-7-5-8-14(17(13)19-16)15-9-3-4-11-18-15;/h7,9-13H,1-6H3;1-7,9-11H;/q2*-1;. The van der Waals surface area contributed by atoms with Crippen molar-refractivity contribution in [3.63, 3.8) is 0 Å². The van der Waals surface area contributed by atoms with Crippen molar-refractivity contribution in [1.82, 2.24) is 9.97 Å². The van der Waals surface area contributed by atoms with E-state index in [0.29, 0.717) is 0 Å². The van der Waals surface area contributed by atoms with E-state index < -0.39 is 0 Å². The summed E-state index contributed by atoms with van der Waals surface area (Å²) >= 11 is 0. The molecule has 0 aliphatic heterocycles. The van der Waals surface area contributed by atoms with Crippen molar-refractivity contribution in [3.8, 4) is 22.5 Å². The molecule has 6 rings (SSSR count). The van der Waals surface area contributed by atoms with Gasteiger partial charge in [-0.1, -0.05) is 88.9 Å². The van der Waals surface area contributed by atoms with Gasteiger partial charge in [0.1, 0.15) is 5.58 Å². The first-order valence-corrected chi connectivity index (χ1v) is 13.3. The van der Waals surface area contributed by atoms with Gasteiger partial charge in [-0.2, -0.15) is 0 Å². The van der Waals surface area contributed by atoms with Gasteiger partial charge in [0.2, 0.25) is 0 Å². The minimum atomic E-state index is 0. The Morgan fingerprint density at radius 1 is 0.625 bits per heavy atom. The summed E-state index contributed by atoms with van der Waals surface area (Å²) < 4.78 is 5.97. The van der Waals surface area contributed by atoms with Gasteiger partial charge in [-0.3, -0.25) is 0 Å². The summed E-state index contributed by atoms with van der Waals surface area (Å²) in [4.78, 5) is 8.89. The van der Waals surface area contributed by atoms with Crippen LogP contribution in [-0.4, -0.2) is 9.97 Å². The molecule has 0 atom stereocenters. The molecule has 3 aromatic heterocycles. The third-order valence-electron chi connectivity index (χ3n) is 6.83. The Labute approximate surface area is 251 Å². The first-order valence-electron chi connectivity index (χ1n) is 13.3. The monoisotopic (exact) mass is 703 g/mol. The molecule has 0 bridgehead atoms. The minimum absolute atomic E-state index is 0. The maximum atomic E-state index is 5.97. The zero-order valence-electron chi connectivity index (χ0n) is 23.9. The molecule has 0 aliphatic carbocycles. The smallest absolute Gasteiger partial charge is 0.120 e. The predicted molar refractivity (Wildman–Crippen MR) is 162 cm³/mol. The zero-order valence-corrected chi connectivity index (χ0v) is 26.3. The summed E-state index contributed by atoms with van der Waals surface area (Å²) in [7, 11) is 0. The van der Waals surface area contributed by atoms with Crippen molar-refractivity contribution < 1.29 is 24.5 Å². The first kappa shape index (κ1) is 29.4. The van der Waals surface area contributed by atoms with Crippen LogP contribution in [0.4, 0.5) is 0 Å². The number of rotatable bonds is 2. The van der Waals surface area contributed by atoms with Crippen LogP contribution in [0.1, 0.15) is 52.7 Å². The number of nitrogens with zero attached hydrogens (tertiary/aromatic N) is 2. The van der Waals surface area contributed by atoms with Gasteiger partial charge in [-0.25, -0.2) is 0 Å². The molecule has 1 radical (unpaired) electrons. The van der Waals surface area contributed by atoms with Crippen LogP contribution in [0, 0.1) is 12.1 Å². The van der Waals surface area contributed by atoms with Crippen molar-refractivity contribution in [2.24, 2.45) is 0 Å². The molecule has 0 aliphatic rings. The molecule has 3 heterocycles. The zero-order chi connectivity index (χ0) is 27.6. The number of pyridine rings is 2. The second-order valence-electron chi connectivity index (χ2n) is 11.8. The Balaban J connectivity index is 0.000000180. The molecule has 0 amide bonds. The average Bonchev–Trinajstić information content (AvgIpc) is 3.32.